The summed E-state index contributed by atoms with van der Waals surface area (Å²) in [5, 5.41) is 0.903. The highest BCUT2D eigenvalue weighted by molar-refractivity contribution is 6.45. The maximum absolute atomic E-state index is 15.0. The first-order valence-electron chi connectivity index (χ1n) is 9.53. The third kappa shape index (κ3) is 3.14. The van der Waals surface area contributed by atoms with Gasteiger partial charge in [-0.15, -0.1) is 0 Å². The molecule has 1 aliphatic rings. The number of aromatic nitrogens is 2. The average molecular weight is 384 g/mol. The standard InChI is InChI=1S/C24H17FN2O2/c25-21-12-15(7-8-19(21)17-11-16-9-10-26-24(16)27-13-17)18-3-1-2-4-20(18)23(29)22(28)14-5-6-14/h1-4,7-14H,5-6H2,(H,26,27). The van der Waals surface area contributed by atoms with Gasteiger partial charge in [0.1, 0.15) is 11.5 Å². The summed E-state index contributed by atoms with van der Waals surface area (Å²) in [6.45, 7) is 0. The Morgan fingerprint density at radius 3 is 2.59 bits per heavy atom. The minimum Gasteiger partial charge on any atom is -0.346 e. The second-order valence-electron chi connectivity index (χ2n) is 7.35. The van der Waals surface area contributed by atoms with Gasteiger partial charge in [-0.1, -0.05) is 36.4 Å². The molecule has 1 fully saturated rings. The van der Waals surface area contributed by atoms with E-state index in [4.69, 9.17) is 0 Å². The number of nitrogens with one attached hydrogen (secondary N) is 1. The molecule has 4 aromatic rings. The number of pyridine rings is 1. The third-order valence-corrected chi connectivity index (χ3v) is 5.33. The van der Waals surface area contributed by atoms with Crippen LogP contribution in [0.1, 0.15) is 23.2 Å². The van der Waals surface area contributed by atoms with E-state index in [1.54, 1.807) is 48.8 Å². The fraction of sp³-hybridized carbons (Fsp3) is 0.125. The van der Waals surface area contributed by atoms with Crippen LogP contribution in [-0.2, 0) is 4.79 Å². The van der Waals surface area contributed by atoms with Gasteiger partial charge < -0.3 is 4.98 Å². The van der Waals surface area contributed by atoms with Gasteiger partial charge in [-0.2, -0.15) is 0 Å². The largest absolute Gasteiger partial charge is 0.346 e. The molecule has 4 nitrogen and oxygen atoms in total. The molecule has 1 saturated carbocycles. The van der Waals surface area contributed by atoms with E-state index in [0.29, 0.717) is 27.8 Å². The summed E-state index contributed by atoms with van der Waals surface area (Å²) in [6.07, 6.45) is 4.96. The lowest BCUT2D eigenvalue weighted by Gasteiger charge is -2.10. The summed E-state index contributed by atoms with van der Waals surface area (Å²) < 4.78 is 15.0. The van der Waals surface area contributed by atoms with Gasteiger partial charge in [0.05, 0.1) is 0 Å². The molecule has 1 aliphatic carbocycles. The number of H-pyrrole nitrogens is 1. The highest BCUT2D eigenvalue weighted by Gasteiger charge is 2.35. The van der Waals surface area contributed by atoms with Crippen LogP contribution in [-0.4, -0.2) is 21.5 Å². The Morgan fingerprint density at radius 1 is 0.966 bits per heavy atom. The Bertz CT molecular complexity index is 1270. The van der Waals surface area contributed by atoms with Crippen molar-refractivity contribution in [2.45, 2.75) is 12.8 Å². The molecule has 142 valence electrons. The molecule has 2 heterocycles. The van der Waals surface area contributed by atoms with E-state index in [9.17, 15) is 14.0 Å². The van der Waals surface area contributed by atoms with Gasteiger partial charge in [0, 0.05) is 40.4 Å². The molecule has 1 N–H and O–H groups in total. The molecule has 0 spiro atoms. The molecule has 0 bridgehead atoms. The topological polar surface area (TPSA) is 62.8 Å². The summed E-state index contributed by atoms with van der Waals surface area (Å²) in [6, 6.07) is 15.5. The molecule has 0 aliphatic heterocycles. The maximum atomic E-state index is 15.0. The molecular weight excluding hydrogens is 367 g/mol. The van der Waals surface area contributed by atoms with Crippen LogP contribution in [0.2, 0.25) is 0 Å². The molecular formula is C24H17FN2O2. The van der Waals surface area contributed by atoms with Crippen molar-refractivity contribution in [1.29, 1.82) is 0 Å². The van der Waals surface area contributed by atoms with E-state index in [1.165, 1.54) is 6.07 Å². The van der Waals surface area contributed by atoms with Gasteiger partial charge in [0.25, 0.3) is 0 Å². The number of benzene rings is 2. The van der Waals surface area contributed by atoms with Crippen LogP contribution in [0.5, 0.6) is 0 Å². The van der Waals surface area contributed by atoms with Crippen LogP contribution in [0.15, 0.2) is 67.0 Å². The van der Waals surface area contributed by atoms with Gasteiger partial charge in [-0.25, -0.2) is 9.37 Å². The first-order valence-corrected chi connectivity index (χ1v) is 9.53. The van der Waals surface area contributed by atoms with E-state index < -0.39 is 11.6 Å². The number of ketones is 2. The van der Waals surface area contributed by atoms with Crippen LogP contribution in [0.3, 0.4) is 0 Å². The Labute approximate surface area is 166 Å². The van der Waals surface area contributed by atoms with Crippen molar-refractivity contribution in [2.75, 3.05) is 0 Å². The number of halogens is 1. The van der Waals surface area contributed by atoms with E-state index >= 15 is 0 Å². The molecule has 0 amide bonds. The van der Waals surface area contributed by atoms with Gasteiger partial charge in [0.15, 0.2) is 0 Å². The maximum Gasteiger partial charge on any atom is 0.229 e. The molecule has 0 radical (unpaired) electrons. The molecule has 0 saturated heterocycles. The van der Waals surface area contributed by atoms with Crippen molar-refractivity contribution in [3.8, 4) is 22.3 Å². The average Bonchev–Trinajstić information content (AvgIpc) is 3.49. The van der Waals surface area contributed by atoms with Crippen LogP contribution >= 0.6 is 0 Å². The van der Waals surface area contributed by atoms with Gasteiger partial charge in [-0.3, -0.25) is 9.59 Å². The fourth-order valence-electron chi connectivity index (χ4n) is 3.60. The van der Waals surface area contributed by atoms with E-state index in [2.05, 4.69) is 9.97 Å². The highest BCUT2D eigenvalue weighted by Crippen LogP contribution is 2.34. The lowest BCUT2D eigenvalue weighted by atomic mass is 9.93. The number of carbonyl (C=O) groups excluding carboxylic acids is 2. The second kappa shape index (κ2) is 6.78. The minimum absolute atomic E-state index is 0.148. The number of aromatic amines is 1. The molecule has 0 atom stereocenters. The van der Waals surface area contributed by atoms with E-state index in [-0.39, 0.29) is 11.7 Å². The van der Waals surface area contributed by atoms with Crippen molar-refractivity contribution < 1.29 is 14.0 Å². The second-order valence-corrected chi connectivity index (χ2v) is 7.35. The Morgan fingerprint density at radius 2 is 1.79 bits per heavy atom. The number of fused-ring (bicyclic) bond motifs is 1. The number of carbonyl (C=O) groups is 2. The first-order chi connectivity index (χ1) is 14.1. The first kappa shape index (κ1) is 17.5. The summed E-state index contributed by atoms with van der Waals surface area (Å²) in [5.74, 6) is -1.39. The van der Waals surface area contributed by atoms with Crippen molar-refractivity contribution in [3.05, 3.63) is 78.4 Å². The Hall–Kier alpha value is -3.60. The summed E-state index contributed by atoms with van der Waals surface area (Å²) in [7, 11) is 0. The van der Waals surface area contributed by atoms with Crippen LogP contribution in [0, 0.1) is 11.7 Å². The molecule has 5 heteroatoms. The van der Waals surface area contributed by atoms with Crippen molar-refractivity contribution in [3.63, 3.8) is 0 Å². The van der Waals surface area contributed by atoms with Crippen molar-refractivity contribution >= 4 is 22.6 Å². The predicted octanol–water partition coefficient (Wildman–Crippen LogP) is 5.20. The smallest absolute Gasteiger partial charge is 0.229 e. The molecule has 0 unspecified atom stereocenters. The van der Waals surface area contributed by atoms with Gasteiger partial charge in [0.2, 0.25) is 11.6 Å². The Kier molecular flexibility index (Phi) is 4.09. The normalized spacial score (nSPS) is 13.6. The third-order valence-electron chi connectivity index (χ3n) is 5.33. The number of Topliss-reactive ketones (excluding diaryl/α,β-unsaturated/α-hetero) is 2. The Balaban J connectivity index is 1.54. The summed E-state index contributed by atoms with van der Waals surface area (Å²) in [5.41, 5.74) is 3.31. The highest BCUT2D eigenvalue weighted by atomic mass is 19.1. The van der Waals surface area contributed by atoms with Crippen molar-refractivity contribution in [2.24, 2.45) is 5.92 Å². The number of hydrogen-bond acceptors (Lipinski definition) is 3. The molecule has 29 heavy (non-hydrogen) atoms. The number of nitrogens with zero attached hydrogens (tertiary/aromatic N) is 1. The molecule has 5 rings (SSSR count). The number of hydrogen-bond donors (Lipinski definition) is 1. The number of rotatable bonds is 5. The van der Waals surface area contributed by atoms with Crippen LogP contribution in [0.25, 0.3) is 33.3 Å². The quantitative estimate of drug-likeness (QED) is 0.380. The zero-order chi connectivity index (χ0) is 20.0. The monoisotopic (exact) mass is 384 g/mol. The van der Waals surface area contributed by atoms with Gasteiger partial charge in [-0.05, 0) is 42.2 Å². The van der Waals surface area contributed by atoms with Crippen LogP contribution < -0.4 is 0 Å². The van der Waals surface area contributed by atoms with Crippen LogP contribution in [0.4, 0.5) is 4.39 Å². The lowest BCUT2D eigenvalue weighted by molar-refractivity contribution is -0.116. The minimum atomic E-state index is -0.491. The predicted molar refractivity (Wildman–Crippen MR) is 109 cm³/mol. The van der Waals surface area contributed by atoms with Crippen molar-refractivity contribution in [1.82, 2.24) is 9.97 Å². The molecule has 2 aromatic carbocycles. The summed E-state index contributed by atoms with van der Waals surface area (Å²) in [4.78, 5) is 32.2. The van der Waals surface area contributed by atoms with E-state index in [0.717, 1.165) is 23.9 Å². The zero-order valence-electron chi connectivity index (χ0n) is 15.5. The SMILES string of the molecule is O=C(C(=O)C1CC1)c1ccccc1-c1ccc(-c2cnc3[nH]ccc3c2)c(F)c1. The molecule has 2 aromatic heterocycles. The zero-order valence-corrected chi connectivity index (χ0v) is 15.5. The van der Waals surface area contributed by atoms with E-state index in [1.807, 2.05) is 12.1 Å². The lowest BCUT2D eigenvalue weighted by Crippen LogP contribution is -2.16. The summed E-state index contributed by atoms with van der Waals surface area (Å²) >= 11 is 0. The fourth-order valence-corrected chi connectivity index (χ4v) is 3.60. The van der Waals surface area contributed by atoms with Gasteiger partial charge >= 0.3 is 0 Å².